The minimum Gasteiger partial charge on any atom is -0.461 e. The molecule has 130 valence electrons. The summed E-state index contributed by atoms with van der Waals surface area (Å²) in [4.78, 5) is 11.3. The zero-order chi connectivity index (χ0) is 16.8. The van der Waals surface area contributed by atoms with E-state index in [9.17, 15) is 4.79 Å². The normalized spacial score (nSPS) is 20.6. The molecule has 0 aliphatic carbocycles. The van der Waals surface area contributed by atoms with Crippen LogP contribution in [0.25, 0.3) is 0 Å². The second kappa shape index (κ2) is 13.8. The van der Waals surface area contributed by atoms with Crippen molar-refractivity contribution in [1.82, 2.24) is 0 Å². The van der Waals surface area contributed by atoms with Crippen LogP contribution in [0.2, 0.25) is 0 Å². The Morgan fingerprint density at radius 2 is 1.83 bits per heavy atom. The van der Waals surface area contributed by atoms with Gasteiger partial charge in [-0.2, -0.15) is 0 Å². The lowest BCUT2D eigenvalue weighted by Crippen LogP contribution is -2.30. The maximum atomic E-state index is 11.3. The molecule has 1 rings (SSSR count). The lowest BCUT2D eigenvalue weighted by molar-refractivity contribution is -0.153. The Hall–Kier alpha value is -0.580. The number of rotatable bonds is 11. The first kappa shape index (κ1) is 20.5. The zero-order valence-electron chi connectivity index (χ0n) is 14.4. The summed E-state index contributed by atoms with van der Waals surface area (Å²) in [6.45, 7) is 2.24. The minimum absolute atomic E-state index is 0.0300. The molecule has 0 saturated carbocycles. The van der Waals surface area contributed by atoms with E-state index < -0.39 is 0 Å². The van der Waals surface area contributed by atoms with Crippen molar-refractivity contribution in [2.75, 3.05) is 0 Å². The second-order valence-electron chi connectivity index (χ2n) is 6.05. The minimum atomic E-state index is -0.0300. The molecule has 1 saturated heterocycles. The highest BCUT2D eigenvalue weighted by molar-refractivity contribution is 14.1. The van der Waals surface area contributed by atoms with Gasteiger partial charge in [0.05, 0.1) is 3.92 Å². The van der Waals surface area contributed by atoms with Crippen LogP contribution in [-0.4, -0.2) is 16.0 Å². The number of esters is 1. The zero-order valence-corrected chi connectivity index (χ0v) is 16.5. The number of cyclic esters (lactones) is 1. The fraction of sp³-hybridized carbons (Fsp3) is 0.650. The quantitative estimate of drug-likeness (QED) is 0.126. The fourth-order valence-electron chi connectivity index (χ4n) is 2.54. The summed E-state index contributed by atoms with van der Waals surface area (Å²) in [5.41, 5.74) is 0. The van der Waals surface area contributed by atoms with Crippen LogP contribution in [0, 0.1) is 0 Å². The molecule has 0 aromatic heterocycles. The van der Waals surface area contributed by atoms with E-state index in [1.165, 1.54) is 25.7 Å². The van der Waals surface area contributed by atoms with Crippen LogP contribution in [0.4, 0.5) is 0 Å². The number of ether oxygens (including phenoxy) is 1. The summed E-state index contributed by atoms with van der Waals surface area (Å²) in [7, 11) is 0. The third-order valence-corrected chi connectivity index (χ3v) is 5.25. The topological polar surface area (TPSA) is 26.3 Å². The third kappa shape index (κ3) is 10.7. The molecule has 2 nitrogen and oxygen atoms in total. The van der Waals surface area contributed by atoms with Crippen molar-refractivity contribution in [1.29, 1.82) is 0 Å². The Morgan fingerprint density at radius 1 is 1.13 bits per heavy atom. The molecule has 0 spiro atoms. The Labute approximate surface area is 155 Å². The summed E-state index contributed by atoms with van der Waals surface area (Å²) in [6, 6.07) is 0. The summed E-state index contributed by atoms with van der Waals surface area (Å²) in [5.74, 6) is -0.0300. The highest BCUT2D eigenvalue weighted by Crippen LogP contribution is 2.24. The predicted octanol–water partition coefficient (Wildman–Crippen LogP) is 6.30. The number of hydrogen-bond acceptors (Lipinski definition) is 2. The highest BCUT2D eigenvalue weighted by atomic mass is 127. The van der Waals surface area contributed by atoms with Crippen LogP contribution in [0.1, 0.15) is 71.1 Å². The SMILES string of the molecule is CCCCC/C=C\C/C=C\C/C=C\CC(I)C1CCCC(=O)O1. The molecule has 1 fully saturated rings. The lowest BCUT2D eigenvalue weighted by atomic mass is 10.0. The van der Waals surface area contributed by atoms with Crippen LogP contribution in [-0.2, 0) is 9.53 Å². The maximum Gasteiger partial charge on any atom is 0.306 e. The summed E-state index contributed by atoms with van der Waals surface area (Å²) in [6.07, 6.45) is 24.2. The van der Waals surface area contributed by atoms with E-state index in [1.807, 2.05) is 0 Å². The van der Waals surface area contributed by atoms with E-state index >= 15 is 0 Å². The van der Waals surface area contributed by atoms with Crippen molar-refractivity contribution in [3.8, 4) is 0 Å². The number of carbonyl (C=O) groups excluding carboxylic acids is 1. The van der Waals surface area contributed by atoms with Gasteiger partial charge in [0.2, 0.25) is 0 Å². The van der Waals surface area contributed by atoms with E-state index in [1.54, 1.807) is 0 Å². The number of carbonyl (C=O) groups is 1. The van der Waals surface area contributed by atoms with E-state index in [0.717, 1.165) is 32.1 Å². The Morgan fingerprint density at radius 3 is 2.52 bits per heavy atom. The van der Waals surface area contributed by atoms with Crippen LogP contribution in [0.15, 0.2) is 36.5 Å². The first-order valence-electron chi connectivity index (χ1n) is 9.02. The van der Waals surface area contributed by atoms with Crippen molar-refractivity contribution >= 4 is 28.6 Å². The second-order valence-corrected chi connectivity index (χ2v) is 7.65. The average Bonchev–Trinajstić information content (AvgIpc) is 2.55. The molecule has 23 heavy (non-hydrogen) atoms. The highest BCUT2D eigenvalue weighted by Gasteiger charge is 2.25. The molecule has 1 heterocycles. The molecule has 1 aliphatic heterocycles. The van der Waals surface area contributed by atoms with Gasteiger partial charge in [-0.05, 0) is 44.9 Å². The van der Waals surface area contributed by atoms with Gasteiger partial charge in [0.25, 0.3) is 0 Å². The predicted molar refractivity (Wildman–Crippen MR) is 107 cm³/mol. The Bertz CT molecular complexity index is 398. The van der Waals surface area contributed by atoms with Crippen molar-refractivity contribution < 1.29 is 9.53 Å². The van der Waals surface area contributed by atoms with E-state index in [4.69, 9.17) is 4.74 Å². The lowest BCUT2D eigenvalue weighted by Gasteiger charge is -2.25. The molecular weight excluding hydrogens is 399 g/mol. The Balaban J connectivity index is 2.05. The first-order chi connectivity index (χ1) is 11.2. The van der Waals surface area contributed by atoms with E-state index in [0.29, 0.717) is 10.3 Å². The monoisotopic (exact) mass is 430 g/mol. The molecule has 0 amide bonds. The van der Waals surface area contributed by atoms with Gasteiger partial charge in [0, 0.05) is 6.42 Å². The van der Waals surface area contributed by atoms with Gasteiger partial charge < -0.3 is 4.74 Å². The third-order valence-electron chi connectivity index (χ3n) is 3.94. The number of unbranched alkanes of at least 4 members (excludes halogenated alkanes) is 3. The summed E-state index contributed by atoms with van der Waals surface area (Å²) in [5, 5.41) is 0. The van der Waals surface area contributed by atoms with Gasteiger partial charge in [-0.1, -0.05) is 78.8 Å². The molecule has 0 aromatic carbocycles. The summed E-state index contributed by atoms with van der Waals surface area (Å²) >= 11 is 2.41. The Kier molecular flexibility index (Phi) is 12.3. The van der Waals surface area contributed by atoms with Crippen LogP contribution in [0.5, 0.6) is 0 Å². The summed E-state index contributed by atoms with van der Waals surface area (Å²) < 4.78 is 5.80. The number of hydrogen-bond donors (Lipinski definition) is 0. The van der Waals surface area contributed by atoms with Crippen molar-refractivity contribution in [2.45, 2.75) is 81.2 Å². The maximum absolute atomic E-state index is 11.3. The standard InChI is InChI=1S/C20H31IO2/c1-2-3-4-5-6-7-8-9-10-11-12-13-15-18(21)19-16-14-17-20(22)23-19/h6-7,9-10,12-13,18-19H,2-5,8,11,14-17H2,1H3/b7-6-,10-9-,13-12-. The van der Waals surface area contributed by atoms with Gasteiger partial charge in [0.15, 0.2) is 0 Å². The van der Waals surface area contributed by atoms with E-state index in [2.05, 4.69) is 66.0 Å². The smallest absolute Gasteiger partial charge is 0.306 e. The van der Waals surface area contributed by atoms with Gasteiger partial charge in [-0.3, -0.25) is 4.79 Å². The van der Waals surface area contributed by atoms with Crippen LogP contribution < -0.4 is 0 Å². The average molecular weight is 430 g/mol. The molecule has 2 atom stereocenters. The fourth-order valence-corrected chi connectivity index (χ4v) is 3.34. The number of alkyl halides is 1. The first-order valence-corrected chi connectivity index (χ1v) is 10.3. The van der Waals surface area contributed by atoms with Crippen molar-refractivity contribution in [3.05, 3.63) is 36.5 Å². The molecule has 0 radical (unpaired) electrons. The van der Waals surface area contributed by atoms with Gasteiger partial charge in [-0.15, -0.1) is 0 Å². The van der Waals surface area contributed by atoms with Gasteiger partial charge >= 0.3 is 5.97 Å². The molecule has 0 aromatic rings. The van der Waals surface area contributed by atoms with Gasteiger partial charge in [-0.25, -0.2) is 0 Å². The molecule has 3 heteroatoms. The van der Waals surface area contributed by atoms with Gasteiger partial charge in [0.1, 0.15) is 6.10 Å². The van der Waals surface area contributed by atoms with E-state index in [-0.39, 0.29) is 12.1 Å². The van der Waals surface area contributed by atoms with Crippen LogP contribution >= 0.6 is 22.6 Å². The van der Waals surface area contributed by atoms with Crippen molar-refractivity contribution in [3.63, 3.8) is 0 Å². The van der Waals surface area contributed by atoms with Crippen molar-refractivity contribution in [2.24, 2.45) is 0 Å². The number of halogens is 1. The molecule has 0 bridgehead atoms. The largest absolute Gasteiger partial charge is 0.461 e. The molecule has 0 N–H and O–H groups in total. The molecule has 2 unspecified atom stereocenters. The van der Waals surface area contributed by atoms with Crippen LogP contribution in [0.3, 0.4) is 0 Å². The number of allylic oxidation sites excluding steroid dienone is 6. The molecular formula is C20H31IO2. The molecule has 1 aliphatic rings.